The SMILES string of the molecule is CCOC(=O)CC1c2cc(c(C)c(OC)c2)CN2Cc3cc(ccc3OS2(=O)=O)OCCCCn2nnc3c(C)c1ccc32. The van der Waals surface area contributed by atoms with E-state index < -0.39 is 16.2 Å². The minimum Gasteiger partial charge on any atom is -0.496 e. The Morgan fingerprint density at radius 1 is 1.05 bits per heavy atom. The van der Waals surface area contributed by atoms with Crippen molar-refractivity contribution < 1.29 is 31.6 Å². The molecule has 3 aromatic carbocycles. The van der Waals surface area contributed by atoms with Crippen LogP contribution in [0.4, 0.5) is 0 Å². The third kappa shape index (κ3) is 5.71. The number of esters is 1. The molecule has 0 radical (unpaired) electrons. The number of rotatable bonds is 4. The number of methoxy groups -OCH3 is 1. The number of benzene rings is 3. The van der Waals surface area contributed by atoms with Crippen LogP contribution in [0.3, 0.4) is 0 Å². The average Bonchev–Trinajstić information content (AvgIpc) is 3.41. The third-order valence-corrected chi connectivity index (χ3v) is 9.70. The van der Waals surface area contributed by atoms with E-state index in [1.54, 1.807) is 26.2 Å². The highest BCUT2D eigenvalue weighted by molar-refractivity contribution is 7.84. The van der Waals surface area contributed by atoms with E-state index in [-0.39, 0.29) is 32.1 Å². The first kappa shape index (κ1) is 29.9. The highest BCUT2D eigenvalue weighted by Crippen LogP contribution is 2.39. The first-order chi connectivity index (χ1) is 21.2. The fourth-order valence-electron chi connectivity index (χ4n) is 6.03. The maximum Gasteiger partial charge on any atom is 0.385 e. The number of fused-ring (bicyclic) bond motifs is 5. The largest absolute Gasteiger partial charge is 0.496 e. The summed E-state index contributed by atoms with van der Waals surface area (Å²) < 4.78 is 52.4. The van der Waals surface area contributed by atoms with Crippen LogP contribution in [-0.4, -0.2) is 54.0 Å². The van der Waals surface area contributed by atoms with Gasteiger partial charge in [0.15, 0.2) is 0 Å². The van der Waals surface area contributed by atoms with E-state index in [0.717, 1.165) is 51.7 Å². The summed E-state index contributed by atoms with van der Waals surface area (Å²) in [6.45, 7) is 7.27. The van der Waals surface area contributed by atoms with Crippen LogP contribution in [0.25, 0.3) is 11.0 Å². The van der Waals surface area contributed by atoms with Gasteiger partial charge in [0.1, 0.15) is 22.8 Å². The molecule has 0 fully saturated rings. The molecule has 2 unspecified atom stereocenters. The summed E-state index contributed by atoms with van der Waals surface area (Å²) >= 11 is 0. The van der Waals surface area contributed by atoms with Gasteiger partial charge in [-0.2, -0.15) is 12.7 Å². The number of aromatic nitrogens is 3. The zero-order valence-electron chi connectivity index (χ0n) is 25.3. The quantitative estimate of drug-likeness (QED) is 0.292. The molecule has 3 aliphatic rings. The number of carbonyl (C=O) groups excluding carboxylic acids is 1. The van der Waals surface area contributed by atoms with Crippen LogP contribution in [0.2, 0.25) is 0 Å². The highest BCUT2D eigenvalue weighted by Gasteiger charge is 2.33. The summed E-state index contributed by atoms with van der Waals surface area (Å²) in [7, 11) is -2.50. The number of hydrogen-bond donors (Lipinski definition) is 0. The van der Waals surface area contributed by atoms with Crippen molar-refractivity contribution in [2.75, 3.05) is 20.3 Å². The molecular weight excluding hydrogens is 584 g/mol. The summed E-state index contributed by atoms with van der Waals surface area (Å²) in [4.78, 5) is 13.0. The van der Waals surface area contributed by atoms with Crippen LogP contribution < -0.4 is 13.7 Å². The Morgan fingerprint density at radius 3 is 2.66 bits per heavy atom. The normalized spacial score (nSPS) is 19.4. The van der Waals surface area contributed by atoms with E-state index in [4.69, 9.17) is 18.4 Å². The minimum absolute atomic E-state index is 0.0430. The van der Waals surface area contributed by atoms with Gasteiger partial charge in [-0.15, -0.1) is 5.10 Å². The standard InChI is InChI=1S/C32H36N4O7S/c1-5-41-31(37)17-27-22-14-23(20(2)30(16-22)40-4)18-35-19-24-15-25(8-11-29(24)43-44(35,38)39)42-13-7-6-12-36-28-10-9-26(27)21(3)32(28)33-34-36/h8-11,14-16,27H,5-7,12-13,17-19H2,1-4H3. The lowest BCUT2D eigenvalue weighted by molar-refractivity contribution is -0.143. The molecule has 0 N–H and O–H groups in total. The predicted molar refractivity (Wildman–Crippen MR) is 163 cm³/mol. The molecule has 7 rings (SSSR count). The van der Waals surface area contributed by atoms with Crippen LogP contribution >= 0.6 is 0 Å². The number of carbonyl (C=O) groups is 1. The van der Waals surface area contributed by atoms with Crippen LogP contribution in [0.5, 0.6) is 17.2 Å². The van der Waals surface area contributed by atoms with Crippen molar-refractivity contribution in [1.82, 2.24) is 19.3 Å². The third-order valence-electron chi connectivity index (χ3n) is 8.42. The summed E-state index contributed by atoms with van der Waals surface area (Å²) in [6.07, 6.45) is 1.71. The van der Waals surface area contributed by atoms with Gasteiger partial charge in [0.25, 0.3) is 0 Å². The van der Waals surface area contributed by atoms with Crippen molar-refractivity contribution in [1.29, 1.82) is 0 Å². The summed E-state index contributed by atoms with van der Waals surface area (Å²) in [5, 5.41) is 8.95. The number of nitrogens with zero attached hydrogens (tertiary/aromatic N) is 4. The Bertz CT molecular complexity index is 1840. The summed E-state index contributed by atoms with van der Waals surface area (Å²) in [5.41, 5.74) is 6.55. The van der Waals surface area contributed by atoms with Gasteiger partial charge in [0, 0.05) is 31.1 Å². The van der Waals surface area contributed by atoms with Crippen molar-refractivity contribution in [3.63, 3.8) is 0 Å². The Hall–Kier alpha value is -4.16. The van der Waals surface area contributed by atoms with Gasteiger partial charge in [-0.05, 0) is 91.8 Å². The van der Waals surface area contributed by atoms with E-state index in [2.05, 4.69) is 10.3 Å². The lowest BCUT2D eigenvalue weighted by Crippen LogP contribution is -2.37. The molecular formula is C32H36N4O7S. The second kappa shape index (κ2) is 12.1. The molecule has 0 saturated carbocycles. The smallest absolute Gasteiger partial charge is 0.385 e. The first-order valence-corrected chi connectivity index (χ1v) is 16.2. The number of hydrogen-bond acceptors (Lipinski definition) is 9. The van der Waals surface area contributed by atoms with E-state index in [1.807, 2.05) is 48.9 Å². The van der Waals surface area contributed by atoms with Crippen molar-refractivity contribution in [3.05, 3.63) is 75.8 Å². The van der Waals surface area contributed by atoms with Gasteiger partial charge in [0.05, 0.1) is 32.3 Å². The van der Waals surface area contributed by atoms with Gasteiger partial charge < -0.3 is 18.4 Å². The van der Waals surface area contributed by atoms with E-state index in [0.29, 0.717) is 36.0 Å². The molecule has 44 heavy (non-hydrogen) atoms. The van der Waals surface area contributed by atoms with Crippen LogP contribution in [0, 0.1) is 13.8 Å². The van der Waals surface area contributed by atoms with Crippen molar-refractivity contribution >= 4 is 27.3 Å². The Kier molecular flexibility index (Phi) is 8.21. The molecule has 3 aliphatic heterocycles. The maximum absolute atomic E-state index is 13.3. The lowest BCUT2D eigenvalue weighted by Gasteiger charge is -2.29. The van der Waals surface area contributed by atoms with E-state index in [1.165, 1.54) is 4.31 Å². The molecule has 0 saturated heterocycles. The molecule has 2 atom stereocenters. The Balaban J connectivity index is 1.51. The van der Waals surface area contributed by atoms with E-state index >= 15 is 0 Å². The zero-order valence-corrected chi connectivity index (χ0v) is 26.1. The van der Waals surface area contributed by atoms with Gasteiger partial charge >= 0.3 is 16.3 Å². The van der Waals surface area contributed by atoms with E-state index in [9.17, 15) is 13.2 Å². The Labute approximate surface area is 256 Å². The second-order valence-electron chi connectivity index (χ2n) is 11.2. The van der Waals surface area contributed by atoms with Crippen LogP contribution in [0.15, 0.2) is 42.5 Å². The molecule has 232 valence electrons. The molecule has 12 heteroatoms. The molecule has 9 bridgehead atoms. The highest BCUT2D eigenvalue weighted by atomic mass is 32.2. The van der Waals surface area contributed by atoms with Gasteiger partial charge in [-0.1, -0.05) is 17.3 Å². The number of aryl methyl sites for hydroxylation is 2. The zero-order chi connectivity index (χ0) is 31.0. The lowest BCUT2D eigenvalue weighted by atomic mass is 9.84. The van der Waals surface area contributed by atoms with Crippen molar-refractivity contribution in [2.45, 2.75) is 65.6 Å². The van der Waals surface area contributed by atoms with Crippen molar-refractivity contribution in [3.8, 4) is 17.2 Å². The number of ether oxygens (including phenoxy) is 3. The molecule has 11 nitrogen and oxygen atoms in total. The van der Waals surface area contributed by atoms with Gasteiger partial charge in [0.2, 0.25) is 0 Å². The summed E-state index contributed by atoms with van der Waals surface area (Å²) in [6, 6.07) is 13.1. The average molecular weight is 621 g/mol. The van der Waals surface area contributed by atoms with Gasteiger partial charge in [-0.3, -0.25) is 4.79 Å². The fraction of sp³-hybridized carbons (Fsp3) is 0.406. The second-order valence-corrected chi connectivity index (χ2v) is 12.7. The van der Waals surface area contributed by atoms with Crippen LogP contribution in [-0.2, 0) is 39.5 Å². The predicted octanol–water partition coefficient (Wildman–Crippen LogP) is 4.95. The monoisotopic (exact) mass is 620 g/mol. The van der Waals surface area contributed by atoms with Gasteiger partial charge in [-0.25, -0.2) is 4.68 Å². The first-order valence-electron chi connectivity index (χ1n) is 14.8. The molecule has 4 aromatic rings. The molecule has 0 amide bonds. The molecule has 0 aliphatic carbocycles. The molecule has 4 heterocycles. The molecule has 0 spiro atoms. The maximum atomic E-state index is 13.3. The minimum atomic E-state index is -4.07. The van der Waals surface area contributed by atoms with Crippen LogP contribution in [0.1, 0.15) is 65.5 Å². The Morgan fingerprint density at radius 2 is 1.86 bits per heavy atom. The topological polar surface area (TPSA) is 122 Å². The molecule has 1 aromatic heterocycles. The summed E-state index contributed by atoms with van der Waals surface area (Å²) in [5.74, 6) is 0.790. The fourth-order valence-corrected chi connectivity index (χ4v) is 7.12. The van der Waals surface area contributed by atoms with Crippen molar-refractivity contribution in [2.24, 2.45) is 0 Å².